The van der Waals surface area contributed by atoms with Gasteiger partial charge < -0.3 is 19.3 Å². The zero-order chi connectivity index (χ0) is 21.5. The Kier molecular flexibility index (Phi) is 6.52. The molecule has 2 bridgehead atoms. The average molecular weight is 476 g/mol. The van der Waals surface area contributed by atoms with Crippen molar-refractivity contribution in [1.29, 1.82) is 0 Å². The molecule has 1 aromatic rings. The molecule has 9 heteroatoms. The molecule has 0 N–H and O–H groups in total. The van der Waals surface area contributed by atoms with Crippen LogP contribution in [0.25, 0.3) is 0 Å². The number of benzene rings is 1. The minimum atomic E-state index is -1.38. The summed E-state index contributed by atoms with van der Waals surface area (Å²) in [4.78, 5) is 30.3. The number of carbonyl (C=O) groups is 2. The van der Waals surface area contributed by atoms with Gasteiger partial charge in [0.15, 0.2) is 3.79 Å². The first-order valence-electron chi connectivity index (χ1n) is 10.2. The van der Waals surface area contributed by atoms with Crippen LogP contribution >= 0.6 is 34.8 Å². The number of halogens is 3. The molecule has 6 nitrogen and oxygen atoms in total. The van der Waals surface area contributed by atoms with E-state index in [0.717, 1.165) is 31.5 Å². The average Bonchev–Trinajstić information content (AvgIpc) is 3.30. The summed E-state index contributed by atoms with van der Waals surface area (Å²) in [6, 6.07) is 6.87. The van der Waals surface area contributed by atoms with Gasteiger partial charge >= 0.3 is 5.97 Å². The van der Waals surface area contributed by atoms with E-state index in [9.17, 15) is 9.59 Å². The number of piperazine rings is 1. The summed E-state index contributed by atoms with van der Waals surface area (Å²) in [5, 5.41) is 0. The minimum Gasteiger partial charge on any atom is -0.426 e. The Morgan fingerprint density at radius 1 is 1.03 bits per heavy atom. The third-order valence-electron chi connectivity index (χ3n) is 6.19. The number of alkyl halides is 3. The summed E-state index contributed by atoms with van der Waals surface area (Å²) in [5.74, 6) is -1.04. The van der Waals surface area contributed by atoms with Gasteiger partial charge in [-0.25, -0.2) is 0 Å². The number of fused-ring (bicyclic) bond motifs is 2. The molecular weight excluding hydrogens is 451 g/mol. The highest BCUT2D eigenvalue weighted by Gasteiger charge is 2.57. The lowest BCUT2D eigenvalue weighted by Gasteiger charge is -2.36. The van der Waals surface area contributed by atoms with Crippen molar-refractivity contribution >= 4 is 46.7 Å². The Morgan fingerprint density at radius 2 is 1.63 bits per heavy atom. The summed E-state index contributed by atoms with van der Waals surface area (Å²) in [6.45, 7) is 3.03. The summed E-state index contributed by atoms with van der Waals surface area (Å²) in [6.07, 6.45) is 1.39. The predicted molar refractivity (Wildman–Crippen MR) is 115 cm³/mol. The standard InChI is InChI=1S/C21H25Cl3N2O4/c1-25-8-10-26(11-9-25)19(27)17-15-6-7-16(30-15)18(17)20(28)29-14-4-2-13(3-5-14)12-21(22,23)24/h2-5,15-18H,6-12H2,1H3/t15-,16-,17?,18?/m1/s1. The Labute approximate surface area is 191 Å². The maximum Gasteiger partial charge on any atom is 0.317 e. The topological polar surface area (TPSA) is 59.1 Å². The van der Waals surface area contributed by atoms with Crippen molar-refractivity contribution in [3.05, 3.63) is 29.8 Å². The zero-order valence-corrected chi connectivity index (χ0v) is 19.0. The lowest BCUT2D eigenvalue weighted by atomic mass is 9.78. The molecule has 3 heterocycles. The van der Waals surface area contributed by atoms with Gasteiger partial charge in [-0.2, -0.15) is 0 Å². The van der Waals surface area contributed by atoms with Gasteiger partial charge in [-0.1, -0.05) is 46.9 Å². The number of hydrogen-bond acceptors (Lipinski definition) is 5. The van der Waals surface area contributed by atoms with E-state index in [2.05, 4.69) is 4.90 Å². The number of carbonyl (C=O) groups excluding carboxylic acids is 2. The maximum atomic E-state index is 13.2. The van der Waals surface area contributed by atoms with Gasteiger partial charge in [-0.05, 0) is 37.6 Å². The highest BCUT2D eigenvalue weighted by Crippen LogP contribution is 2.45. The quantitative estimate of drug-likeness (QED) is 0.380. The molecule has 2 unspecified atom stereocenters. The fourth-order valence-electron chi connectivity index (χ4n) is 4.62. The molecule has 3 fully saturated rings. The molecule has 0 aliphatic carbocycles. The van der Waals surface area contributed by atoms with Crippen molar-refractivity contribution in [1.82, 2.24) is 9.80 Å². The highest BCUT2D eigenvalue weighted by molar-refractivity contribution is 6.67. The minimum absolute atomic E-state index is 0.00951. The molecular formula is C21H25Cl3N2O4. The SMILES string of the molecule is CN1CCN(C(=O)C2C(C(=O)Oc3ccc(CC(Cl)(Cl)Cl)cc3)[C@H]3CC[C@H]2O3)CC1. The fourth-order valence-corrected chi connectivity index (χ4v) is 5.08. The summed E-state index contributed by atoms with van der Waals surface area (Å²) in [5.41, 5.74) is 0.821. The van der Waals surface area contributed by atoms with E-state index in [-0.39, 0.29) is 24.5 Å². The van der Waals surface area contributed by atoms with E-state index in [4.69, 9.17) is 44.3 Å². The van der Waals surface area contributed by atoms with Crippen LogP contribution in [0.5, 0.6) is 5.75 Å². The van der Waals surface area contributed by atoms with Crippen LogP contribution in [0.3, 0.4) is 0 Å². The molecule has 4 rings (SSSR count). The van der Waals surface area contributed by atoms with Crippen molar-refractivity contribution in [2.75, 3.05) is 33.2 Å². The molecule has 1 amide bonds. The summed E-state index contributed by atoms with van der Waals surface area (Å²) < 4.78 is 10.2. The lowest BCUT2D eigenvalue weighted by Crippen LogP contribution is -2.52. The molecule has 3 aliphatic heterocycles. The number of rotatable bonds is 4. The van der Waals surface area contributed by atoms with E-state index in [1.54, 1.807) is 24.3 Å². The predicted octanol–water partition coefficient (Wildman–Crippen LogP) is 3.07. The van der Waals surface area contributed by atoms with Crippen LogP contribution in [0.1, 0.15) is 18.4 Å². The number of likely N-dealkylation sites (N-methyl/N-ethyl adjacent to an activating group) is 1. The van der Waals surface area contributed by atoms with Crippen LogP contribution < -0.4 is 4.74 Å². The number of hydrogen-bond donors (Lipinski definition) is 0. The largest absolute Gasteiger partial charge is 0.426 e. The second kappa shape index (κ2) is 8.83. The monoisotopic (exact) mass is 474 g/mol. The third-order valence-corrected chi connectivity index (χ3v) is 6.59. The molecule has 30 heavy (non-hydrogen) atoms. The van der Waals surface area contributed by atoms with E-state index >= 15 is 0 Å². The first-order valence-corrected chi connectivity index (χ1v) is 11.3. The van der Waals surface area contributed by atoms with Crippen LogP contribution in [-0.4, -0.2) is 70.9 Å². The molecule has 0 radical (unpaired) electrons. The number of esters is 1. The maximum absolute atomic E-state index is 13.2. The van der Waals surface area contributed by atoms with Crippen molar-refractivity contribution in [2.24, 2.45) is 11.8 Å². The number of ether oxygens (including phenoxy) is 2. The van der Waals surface area contributed by atoms with Gasteiger partial charge in [-0.3, -0.25) is 9.59 Å². The fraction of sp³-hybridized carbons (Fsp3) is 0.619. The Morgan fingerprint density at radius 3 is 2.23 bits per heavy atom. The van der Waals surface area contributed by atoms with Crippen LogP contribution in [0, 0.1) is 11.8 Å². The van der Waals surface area contributed by atoms with Gasteiger partial charge in [0, 0.05) is 32.6 Å². The van der Waals surface area contributed by atoms with E-state index in [1.165, 1.54) is 0 Å². The summed E-state index contributed by atoms with van der Waals surface area (Å²) >= 11 is 17.5. The Balaban J connectivity index is 1.43. The van der Waals surface area contributed by atoms with E-state index in [0.29, 0.717) is 18.8 Å². The molecule has 0 spiro atoms. The molecule has 4 atom stereocenters. The van der Waals surface area contributed by atoms with Gasteiger partial charge in [0.1, 0.15) is 5.75 Å². The number of amides is 1. The second-order valence-corrected chi connectivity index (χ2v) is 10.8. The summed E-state index contributed by atoms with van der Waals surface area (Å²) in [7, 11) is 2.04. The Hall–Kier alpha value is -1.05. The van der Waals surface area contributed by atoms with Crippen molar-refractivity contribution < 1.29 is 19.1 Å². The first-order chi connectivity index (χ1) is 14.2. The van der Waals surface area contributed by atoms with Gasteiger partial charge in [0.25, 0.3) is 0 Å². The molecule has 164 valence electrons. The van der Waals surface area contributed by atoms with Crippen LogP contribution in [0.4, 0.5) is 0 Å². The third kappa shape index (κ3) is 4.89. The Bertz CT molecular complexity index is 790. The van der Waals surface area contributed by atoms with Gasteiger partial charge in [0.05, 0.1) is 24.0 Å². The van der Waals surface area contributed by atoms with Gasteiger partial charge in [0.2, 0.25) is 5.91 Å². The zero-order valence-electron chi connectivity index (χ0n) is 16.7. The van der Waals surface area contributed by atoms with Crippen LogP contribution in [0.15, 0.2) is 24.3 Å². The van der Waals surface area contributed by atoms with Crippen molar-refractivity contribution in [2.45, 2.75) is 35.3 Å². The van der Waals surface area contributed by atoms with E-state index < -0.39 is 21.6 Å². The molecule has 3 saturated heterocycles. The second-order valence-electron chi connectivity index (χ2n) is 8.33. The smallest absolute Gasteiger partial charge is 0.317 e. The van der Waals surface area contributed by atoms with E-state index in [1.807, 2.05) is 11.9 Å². The van der Waals surface area contributed by atoms with Gasteiger partial charge in [-0.15, -0.1) is 0 Å². The lowest BCUT2D eigenvalue weighted by molar-refractivity contribution is -0.149. The normalized spacial score (nSPS) is 29.3. The van der Waals surface area contributed by atoms with Crippen LogP contribution in [-0.2, 0) is 20.7 Å². The molecule has 3 aliphatic rings. The number of nitrogens with zero attached hydrogens (tertiary/aromatic N) is 2. The highest BCUT2D eigenvalue weighted by atomic mass is 35.6. The molecule has 0 saturated carbocycles. The molecule has 1 aromatic carbocycles. The first kappa shape index (κ1) is 22.2. The molecule has 0 aromatic heterocycles. The van der Waals surface area contributed by atoms with Crippen molar-refractivity contribution in [3.63, 3.8) is 0 Å². The van der Waals surface area contributed by atoms with Crippen molar-refractivity contribution in [3.8, 4) is 5.75 Å². The van der Waals surface area contributed by atoms with Crippen LogP contribution in [0.2, 0.25) is 0 Å².